The van der Waals surface area contributed by atoms with Gasteiger partial charge in [0.2, 0.25) is 0 Å². The van der Waals surface area contributed by atoms with Crippen LogP contribution < -0.4 is 5.32 Å². The number of likely N-dealkylation sites (tertiary alicyclic amines) is 1. The van der Waals surface area contributed by atoms with Gasteiger partial charge in [-0.05, 0) is 38.3 Å². The smallest absolute Gasteiger partial charge is 0.252 e. The maximum Gasteiger partial charge on any atom is 0.252 e. The van der Waals surface area contributed by atoms with Gasteiger partial charge in [-0.2, -0.15) is 0 Å². The van der Waals surface area contributed by atoms with Crippen LogP contribution in [-0.4, -0.2) is 41.0 Å². The van der Waals surface area contributed by atoms with E-state index in [2.05, 4.69) is 15.2 Å². The van der Waals surface area contributed by atoms with E-state index in [9.17, 15) is 4.79 Å². The summed E-state index contributed by atoms with van der Waals surface area (Å²) in [4.78, 5) is 19.7. The van der Waals surface area contributed by atoms with Crippen molar-refractivity contribution in [3.05, 3.63) is 41.6 Å². The molecule has 4 rings (SSSR count). The first kappa shape index (κ1) is 13.7. The number of benzene rings is 1. The molecule has 1 saturated heterocycles. The summed E-state index contributed by atoms with van der Waals surface area (Å²) in [6.07, 6.45) is 3.72. The third-order valence-electron chi connectivity index (χ3n) is 4.71. The first-order valence-corrected chi connectivity index (χ1v) is 8.12. The lowest BCUT2D eigenvalue weighted by Crippen LogP contribution is -2.37. The zero-order chi connectivity index (χ0) is 15.1. The van der Waals surface area contributed by atoms with Crippen LogP contribution in [0.4, 0.5) is 0 Å². The highest BCUT2D eigenvalue weighted by atomic mass is 16.1. The van der Waals surface area contributed by atoms with Gasteiger partial charge in [-0.3, -0.25) is 14.7 Å². The fourth-order valence-electron chi connectivity index (χ4n) is 3.44. The van der Waals surface area contributed by atoms with Crippen LogP contribution in [0.15, 0.2) is 30.3 Å². The molecular weight excluding hydrogens is 274 g/mol. The number of nitrogens with one attached hydrogen (secondary N) is 1. The van der Waals surface area contributed by atoms with Gasteiger partial charge in [0.05, 0.1) is 11.1 Å². The number of carbonyl (C=O) groups is 1. The second-order valence-electron chi connectivity index (χ2n) is 6.51. The number of fused-ring (bicyclic) bond motifs is 1. The maximum absolute atomic E-state index is 12.7. The number of aromatic nitrogens is 1. The lowest BCUT2D eigenvalue weighted by molar-refractivity contribution is 0.0939. The van der Waals surface area contributed by atoms with E-state index in [1.807, 2.05) is 37.3 Å². The van der Waals surface area contributed by atoms with E-state index in [4.69, 9.17) is 0 Å². The molecule has 2 aliphatic rings. The van der Waals surface area contributed by atoms with Crippen molar-refractivity contribution < 1.29 is 4.79 Å². The Morgan fingerprint density at radius 3 is 2.91 bits per heavy atom. The minimum Gasteiger partial charge on any atom is -0.348 e. The van der Waals surface area contributed by atoms with Gasteiger partial charge in [0.1, 0.15) is 0 Å². The van der Waals surface area contributed by atoms with Crippen molar-refractivity contribution in [2.24, 2.45) is 0 Å². The number of para-hydroxylation sites is 1. The molecule has 2 fully saturated rings. The molecule has 22 heavy (non-hydrogen) atoms. The van der Waals surface area contributed by atoms with E-state index in [0.29, 0.717) is 0 Å². The fourth-order valence-corrected chi connectivity index (χ4v) is 3.44. The first-order chi connectivity index (χ1) is 10.7. The standard InChI is InChI=1S/C18H21N3O/c1-12-10-16(15-4-2-3-5-17(15)19-12)18(22)20-13-8-9-21(11-13)14-6-7-14/h2-5,10,13-14H,6-9,11H2,1H3,(H,20,22). The maximum atomic E-state index is 12.7. The average molecular weight is 295 g/mol. The molecule has 0 radical (unpaired) electrons. The van der Waals surface area contributed by atoms with Crippen LogP contribution in [-0.2, 0) is 0 Å². The summed E-state index contributed by atoms with van der Waals surface area (Å²) in [5, 5.41) is 4.15. The number of aryl methyl sites for hydroxylation is 1. The molecule has 1 aliphatic heterocycles. The first-order valence-electron chi connectivity index (χ1n) is 8.12. The Hall–Kier alpha value is -1.94. The van der Waals surface area contributed by atoms with Gasteiger partial charge < -0.3 is 5.32 Å². The molecule has 2 heterocycles. The van der Waals surface area contributed by atoms with Crippen LogP contribution in [0.1, 0.15) is 35.3 Å². The lowest BCUT2D eigenvalue weighted by Gasteiger charge is -2.16. The molecule has 1 N–H and O–H groups in total. The quantitative estimate of drug-likeness (QED) is 0.946. The van der Waals surface area contributed by atoms with Crippen molar-refractivity contribution in [1.82, 2.24) is 15.2 Å². The van der Waals surface area contributed by atoms with Crippen LogP contribution in [0.2, 0.25) is 0 Å². The van der Waals surface area contributed by atoms with Gasteiger partial charge >= 0.3 is 0 Å². The molecule has 2 aromatic rings. The van der Waals surface area contributed by atoms with Crippen LogP contribution in [0.25, 0.3) is 10.9 Å². The van der Waals surface area contributed by atoms with Crippen LogP contribution >= 0.6 is 0 Å². The summed E-state index contributed by atoms with van der Waals surface area (Å²) in [5.41, 5.74) is 2.52. The van der Waals surface area contributed by atoms with Crippen LogP contribution in [0.3, 0.4) is 0 Å². The van der Waals surface area contributed by atoms with Crippen molar-refractivity contribution in [3.63, 3.8) is 0 Å². The summed E-state index contributed by atoms with van der Waals surface area (Å²) in [5.74, 6) is 0.0318. The van der Waals surface area contributed by atoms with E-state index in [-0.39, 0.29) is 11.9 Å². The highest BCUT2D eigenvalue weighted by Gasteiger charge is 2.34. The van der Waals surface area contributed by atoms with Gasteiger partial charge in [-0.25, -0.2) is 0 Å². The Kier molecular flexibility index (Phi) is 3.34. The molecule has 1 unspecified atom stereocenters. The highest BCUT2D eigenvalue weighted by molar-refractivity contribution is 6.06. The number of hydrogen-bond donors (Lipinski definition) is 1. The van der Waals surface area contributed by atoms with Crippen molar-refractivity contribution in [1.29, 1.82) is 0 Å². The molecular formula is C18H21N3O. The second kappa shape index (κ2) is 5.36. The van der Waals surface area contributed by atoms with Gasteiger partial charge in [0.25, 0.3) is 5.91 Å². The van der Waals surface area contributed by atoms with Crippen molar-refractivity contribution in [2.75, 3.05) is 13.1 Å². The van der Waals surface area contributed by atoms with Gasteiger partial charge in [-0.1, -0.05) is 18.2 Å². The van der Waals surface area contributed by atoms with E-state index in [1.165, 1.54) is 12.8 Å². The molecule has 114 valence electrons. The normalized spacial score (nSPS) is 22.1. The number of hydrogen-bond acceptors (Lipinski definition) is 3. The lowest BCUT2D eigenvalue weighted by atomic mass is 10.1. The van der Waals surface area contributed by atoms with Gasteiger partial charge in [0, 0.05) is 36.3 Å². The molecule has 1 amide bonds. The van der Waals surface area contributed by atoms with E-state index in [1.54, 1.807) is 0 Å². The van der Waals surface area contributed by atoms with E-state index >= 15 is 0 Å². The predicted octanol–water partition coefficient (Wildman–Crippen LogP) is 2.51. The third kappa shape index (κ3) is 2.59. The number of pyridine rings is 1. The summed E-state index contributed by atoms with van der Waals surface area (Å²) >= 11 is 0. The topological polar surface area (TPSA) is 45.2 Å². The fraction of sp³-hybridized carbons (Fsp3) is 0.444. The Labute approximate surface area is 130 Å². The number of nitrogens with zero attached hydrogens (tertiary/aromatic N) is 2. The number of carbonyl (C=O) groups excluding carboxylic acids is 1. The Morgan fingerprint density at radius 1 is 1.27 bits per heavy atom. The summed E-state index contributed by atoms with van der Waals surface area (Å²) in [6.45, 7) is 4.05. The number of amides is 1. The van der Waals surface area contributed by atoms with Crippen molar-refractivity contribution in [2.45, 2.75) is 38.3 Å². The monoisotopic (exact) mass is 295 g/mol. The second-order valence-corrected chi connectivity index (χ2v) is 6.51. The third-order valence-corrected chi connectivity index (χ3v) is 4.71. The summed E-state index contributed by atoms with van der Waals surface area (Å²) in [7, 11) is 0. The molecule has 1 atom stereocenters. The van der Waals surface area contributed by atoms with Gasteiger partial charge in [0.15, 0.2) is 0 Å². The predicted molar refractivity (Wildman–Crippen MR) is 86.9 cm³/mol. The van der Waals surface area contributed by atoms with Crippen LogP contribution in [0, 0.1) is 6.92 Å². The zero-order valence-electron chi connectivity index (χ0n) is 12.9. The minimum atomic E-state index is 0.0318. The molecule has 1 aromatic carbocycles. The molecule has 4 heteroatoms. The molecule has 0 bridgehead atoms. The SMILES string of the molecule is Cc1cc(C(=O)NC2CCN(C3CC3)C2)c2ccccc2n1. The summed E-state index contributed by atoms with van der Waals surface area (Å²) < 4.78 is 0. The van der Waals surface area contributed by atoms with Gasteiger partial charge in [-0.15, -0.1) is 0 Å². The van der Waals surface area contributed by atoms with Crippen molar-refractivity contribution in [3.8, 4) is 0 Å². The molecule has 4 nitrogen and oxygen atoms in total. The Balaban J connectivity index is 1.55. The average Bonchev–Trinajstić information content (AvgIpc) is 3.26. The van der Waals surface area contributed by atoms with Crippen LogP contribution in [0.5, 0.6) is 0 Å². The molecule has 1 aromatic heterocycles. The molecule has 1 aliphatic carbocycles. The summed E-state index contributed by atoms with van der Waals surface area (Å²) in [6, 6.07) is 10.8. The molecule has 0 spiro atoms. The largest absolute Gasteiger partial charge is 0.348 e. The Bertz CT molecular complexity index is 723. The molecule has 1 saturated carbocycles. The number of rotatable bonds is 3. The highest BCUT2D eigenvalue weighted by Crippen LogP contribution is 2.30. The van der Waals surface area contributed by atoms with E-state index in [0.717, 1.165) is 47.7 Å². The Morgan fingerprint density at radius 2 is 2.09 bits per heavy atom. The van der Waals surface area contributed by atoms with Crippen molar-refractivity contribution >= 4 is 16.8 Å². The zero-order valence-corrected chi connectivity index (χ0v) is 12.9. The minimum absolute atomic E-state index is 0.0318. The van der Waals surface area contributed by atoms with E-state index < -0.39 is 0 Å².